The zero-order chi connectivity index (χ0) is 10.8. The van der Waals surface area contributed by atoms with Crippen LogP contribution in [-0.2, 0) is 6.42 Å². The topological polar surface area (TPSA) is 66.5 Å². The van der Waals surface area contributed by atoms with Gasteiger partial charge in [-0.15, -0.1) is 0 Å². The van der Waals surface area contributed by atoms with Crippen molar-refractivity contribution in [3.05, 3.63) is 35.4 Å². The predicted molar refractivity (Wildman–Crippen MR) is 58.1 cm³/mol. The molecule has 1 aromatic rings. The van der Waals surface area contributed by atoms with Gasteiger partial charge in [0.15, 0.2) is 0 Å². The van der Waals surface area contributed by atoms with E-state index in [4.69, 9.17) is 15.9 Å². The number of rotatable bonds is 3. The fraction of sp³-hybridized carbons (Fsp3) is 0.455. The Morgan fingerprint density at radius 1 is 1.21 bits per heavy atom. The lowest BCUT2D eigenvalue weighted by atomic mass is 10.1. The molecule has 4 N–H and O–H groups in total. The van der Waals surface area contributed by atoms with Crippen LogP contribution in [0.15, 0.2) is 24.3 Å². The van der Waals surface area contributed by atoms with Crippen LogP contribution in [0.5, 0.6) is 0 Å². The minimum absolute atomic E-state index is 0.0972. The second kappa shape index (κ2) is 8.69. The second-order valence-corrected chi connectivity index (χ2v) is 2.97. The lowest BCUT2D eigenvalue weighted by Crippen LogP contribution is -2.02. The number of benzene rings is 1. The van der Waals surface area contributed by atoms with E-state index in [-0.39, 0.29) is 13.2 Å². The Morgan fingerprint density at radius 2 is 1.86 bits per heavy atom. The van der Waals surface area contributed by atoms with Gasteiger partial charge in [-0.2, -0.15) is 0 Å². The van der Waals surface area contributed by atoms with E-state index < -0.39 is 0 Å². The molecule has 0 aliphatic carbocycles. The normalized spacial score (nSPS) is 9.14. The van der Waals surface area contributed by atoms with Gasteiger partial charge in [-0.25, -0.2) is 0 Å². The maximum absolute atomic E-state index is 8.61. The first-order valence-corrected chi connectivity index (χ1v) is 4.72. The SMILES string of the molecule is Cc1cccc(CCO)c1.NCCO. The van der Waals surface area contributed by atoms with Crippen molar-refractivity contribution in [1.29, 1.82) is 0 Å². The van der Waals surface area contributed by atoms with Crippen LogP contribution in [0.2, 0.25) is 0 Å². The predicted octanol–water partition coefficient (Wildman–Crippen LogP) is 0.467. The molecule has 0 saturated heterocycles. The number of hydrogen-bond donors (Lipinski definition) is 3. The Kier molecular flexibility index (Phi) is 8.13. The number of hydrogen-bond acceptors (Lipinski definition) is 3. The monoisotopic (exact) mass is 197 g/mol. The number of aryl methyl sites for hydroxylation is 1. The average molecular weight is 197 g/mol. The van der Waals surface area contributed by atoms with Crippen LogP contribution in [0.25, 0.3) is 0 Å². The van der Waals surface area contributed by atoms with Crippen LogP contribution in [-0.4, -0.2) is 30.0 Å². The highest BCUT2D eigenvalue weighted by atomic mass is 16.3. The zero-order valence-electron chi connectivity index (χ0n) is 8.61. The molecule has 3 nitrogen and oxygen atoms in total. The van der Waals surface area contributed by atoms with Gasteiger partial charge in [0.2, 0.25) is 0 Å². The van der Waals surface area contributed by atoms with E-state index in [2.05, 4.69) is 19.1 Å². The molecule has 0 fully saturated rings. The molecule has 0 spiro atoms. The summed E-state index contributed by atoms with van der Waals surface area (Å²) < 4.78 is 0. The molecule has 0 aliphatic heterocycles. The largest absolute Gasteiger partial charge is 0.396 e. The Morgan fingerprint density at radius 3 is 2.29 bits per heavy atom. The molecule has 80 valence electrons. The van der Waals surface area contributed by atoms with Crippen molar-refractivity contribution >= 4 is 0 Å². The third-order valence-corrected chi connectivity index (χ3v) is 1.61. The van der Waals surface area contributed by atoms with Crippen molar-refractivity contribution in [1.82, 2.24) is 0 Å². The van der Waals surface area contributed by atoms with E-state index in [1.54, 1.807) is 0 Å². The first-order chi connectivity index (χ1) is 6.74. The summed E-state index contributed by atoms with van der Waals surface area (Å²) in [5, 5.41) is 16.4. The summed E-state index contributed by atoms with van der Waals surface area (Å²) in [4.78, 5) is 0. The maximum atomic E-state index is 8.61. The van der Waals surface area contributed by atoms with Gasteiger partial charge in [-0.05, 0) is 18.9 Å². The summed E-state index contributed by atoms with van der Waals surface area (Å²) in [6.07, 6.45) is 0.766. The second-order valence-electron chi connectivity index (χ2n) is 2.97. The van der Waals surface area contributed by atoms with Crippen LogP contribution >= 0.6 is 0 Å². The Hall–Kier alpha value is -0.900. The minimum atomic E-state index is 0.0972. The zero-order valence-corrected chi connectivity index (χ0v) is 8.61. The molecular formula is C11H19NO2. The van der Waals surface area contributed by atoms with Gasteiger partial charge in [0.25, 0.3) is 0 Å². The molecular weight excluding hydrogens is 178 g/mol. The maximum Gasteiger partial charge on any atom is 0.0553 e. The Labute approximate surface area is 85.2 Å². The van der Waals surface area contributed by atoms with Crippen LogP contribution in [0.1, 0.15) is 11.1 Å². The van der Waals surface area contributed by atoms with Gasteiger partial charge < -0.3 is 15.9 Å². The fourth-order valence-electron chi connectivity index (χ4n) is 0.997. The molecule has 0 atom stereocenters. The highest BCUT2D eigenvalue weighted by Gasteiger charge is 1.89. The average Bonchev–Trinajstić information content (AvgIpc) is 2.19. The van der Waals surface area contributed by atoms with E-state index in [1.807, 2.05) is 12.1 Å². The van der Waals surface area contributed by atoms with Crippen molar-refractivity contribution in [3.8, 4) is 0 Å². The van der Waals surface area contributed by atoms with Crippen LogP contribution in [0.4, 0.5) is 0 Å². The third kappa shape index (κ3) is 6.60. The van der Waals surface area contributed by atoms with Crippen LogP contribution in [0.3, 0.4) is 0 Å². The van der Waals surface area contributed by atoms with Crippen molar-refractivity contribution in [2.75, 3.05) is 19.8 Å². The number of aliphatic hydroxyl groups excluding tert-OH is 2. The van der Waals surface area contributed by atoms with Gasteiger partial charge in [0.05, 0.1) is 6.61 Å². The summed E-state index contributed by atoms with van der Waals surface area (Å²) in [6, 6.07) is 8.20. The summed E-state index contributed by atoms with van der Waals surface area (Å²) in [5.41, 5.74) is 7.24. The summed E-state index contributed by atoms with van der Waals surface area (Å²) in [7, 11) is 0. The van der Waals surface area contributed by atoms with Crippen molar-refractivity contribution < 1.29 is 10.2 Å². The lowest BCUT2D eigenvalue weighted by molar-refractivity contribution is 0.299. The van der Waals surface area contributed by atoms with Crippen LogP contribution in [0, 0.1) is 6.92 Å². The first kappa shape index (κ1) is 13.1. The summed E-state index contributed by atoms with van der Waals surface area (Å²) in [5.74, 6) is 0. The highest BCUT2D eigenvalue weighted by Crippen LogP contribution is 2.03. The fourth-order valence-corrected chi connectivity index (χ4v) is 0.997. The standard InChI is InChI=1S/C9H12O.C2H7NO/c1-8-3-2-4-9(7-8)5-6-10;3-1-2-4/h2-4,7,10H,5-6H2,1H3;4H,1-3H2. The molecule has 0 bridgehead atoms. The Balaban J connectivity index is 0.000000364. The van der Waals surface area contributed by atoms with Crippen molar-refractivity contribution in [3.63, 3.8) is 0 Å². The van der Waals surface area contributed by atoms with E-state index in [1.165, 1.54) is 11.1 Å². The van der Waals surface area contributed by atoms with Crippen molar-refractivity contribution in [2.45, 2.75) is 13.3 Å². The molecule has 0 saturated carbocycles. The molecule has 0 aliphatic rings. The van der Waals surface area contributed by atoms with Gasteiger partial charge >= 0.3 is 0 Å². The molecule has 1 rings (SSSR count). The first-order valence-electron chi connectivity index (χ1n) is 4.72. The molecule has 0 unspecified atom stereocenters. The highest BCUT2D eigenvalue weighted by molar-refractivity contribution is 5.22. The van der Waals surface area contributed by atoms with E-state index in [9.17, 15) is 0 Å². The smallest absolute Gasteiger partial charge is 0.0553 e. The van der Waals surface area contributed by atoms with Crippen molar-refractivity contribution in [2.24, 2.45) is 5.73 Å². The van der Waals surface area contributed by atoms with Gasteiger partial charge in [0, 0.05) is 13.2 Å². The summed E-state index contributed by atoms with van der Waals surface area (Å²) >= 11 is 0. The molecule has 0 radical (unpaired) electrons. The van der Waals surface area contributed by atoms with E-state index in [0.29, 0.717) is 6.54 Å². The lowest BCUT2D eigenvalue weighted by Gasteiger charge is -1.97. The Bertz CT molecular complexity index is 236. The molecule has 1 aromatic carbocycles. The third-order valence-electron chi connectivity index (χ3n) is 1.61. The molecule has 3 heteroatoms. The molecule has 14 heavy (non-hydrogen) atoms. The molecule has 0 heterocycles. The molecule has 0 aromatic heterocycles. The minimum Gasteiger partial charge on any atom is -0.396 e. The number of aliphatic hydroxyl groups is 2. The molecule has 0 amide bonds. The number of nitrogens with two attached hydrogens (primary N) is 1. The van der Waals surface area contributed by atoms with Gasteiger partial charge in [0.1, 0.15) is 0 Å². The van der Waals surface area contributed by atoms with Gasteiger partial charge in [-0.3, -0.25) is 0 Å². The quantitative estimate of drug-likeness (QED) is 0.660. The van der Waals surface area contributed by atoms with Crippen LogP contribution < -0.4 is 5.73 Å². The van der Waals surface area contributed by atoms with E-state index in [0.717, 1.165) is 6.42 Å². The van der Waals surface area contributed by atoms with Gasteiger partial charge in [-0.1, -0.05) is 29.8 Å². The van der Waals surface area contributed by atoms with E-state index >= 15 is 0 Å². The summed E-state index contributed by atoms with van der Waals surface area (Å²) in [6.45, 7) is 2.77.